The van der Waals surface area contributed by atoms with Crippen LogP contribution in [0.15, 0.2) is 36.4 Å². The fourth-order valence-corrected chi connectivity index (χ4v) is 4.84. The lowest BCUT2D eigenvalue weighted by Crippen LogP contribution is -2.38. The minimum atomic E-state index is -0.0887. The Balaban J connectivity index is 0.00000456. The van der Waals surface area contributed by atoms with Crippen LogP contribution in [-0.4, -0.2) is 62.8 Å². The predicted molar refractivity (Wildman–Crippen MR) is 151 cm³/mol. The number of anilines is 1. The number of carbonyl (C=O) groups excluding carboxylic acids is 1. The van der Waals surface area contributed by atoms with Gasteiger partial charge in [-0.15, -0.1) is 12.4 Å². The summed E-state index contributed by atoms with van der Waals surface area (Å²) in [6.45, 7) is 10.2. The van der Waals surface area contributed by atoms with Crippen LogP contribution in [0.2, 0.25) is 0 Å². The summed E-state index contributed by atoms with van der Waals surface area (Å²) in [5.41, 5.74) is 1.36. The number of rotatable bonds is 14. The largest absolute Gasteiger partial charge is 0.494 e. The number of thiazole rings is 1. The third kappa shape index (κ3) is 7.48. The second-order valence-electron chi connectivity index (χ2n) is 8.24. The quantitative estimate of drug-likeness (QED) is 0.226. The molecule has 3 rings (SSSR count). The molecular formula is C27H38ClN3O4S. The molecule has 36 heavy (non-hydrogen) atoms. The summed E-state index contributed by atoms with van der Waals surface area (Å²) < 4.78 is 17.7. The molecule has 2 aromatic carbocycles. The van der Waals surface area contributed by atoms with E-state index in [0.29, 0.717) is 35.3 Å². The number of methoxy groups -OCH3 is 2. The highest BCUT2D eigenvalue weighted by Crippen LogP contribution is 2.37. The summed E-state index contributed by atoms with van der Waals surface area (Å²) in [5.74, 6) is 1.89. The Labute approximate surface area is 224 Å². The molecule has 0 aliphatic carbocycles. The minimum absolute atomic E-state index is 0. The molecule has 1 amide bonds. The summed E-state index contributed by atoms with van der Waals surface area (Å²) in [5, 5.41) is 0.654. The van der Waals surface area contributed by atoms with E-state index in [9.17, 15) is 4.79 Å². The van der Waals surface area contributed by atoms with Crippen LogP contribution in [0, 0.1) is 0 Å². The molecular weight excluding hydrogens is 498 g/mol. The van der Waals surface area contributed by atoms with Crippen LogP contribution in [0.1, 0.15) is 50.4 Å². The zero-order chi connectivity index (χ0) is 25.2. The standard InChI is InChI=1S/C27H37N3O4S.ClH/c1-6-9-10-16-34-21-13-11-12-20(17-21)26(31)30(15-14-29(7-2)8-3)27-28-22-18-23(32-4)24(33-5)19-25(22)35-27;/h11-13,17-19H,6-10,14-16H2,1-5H3;1H. The number of aromatic nitrogens is 1. The topological polar surface area (TPSA) is 64.1 Å². The van der Waals surface area contributed by atoms with Gasteiger partial charge in [0.25, 0.3) is 5.91 Å². The first-order valence-corrected chi connectivity index (χ1v) is 13.2. The van der Waals surface area contributed by atoms with Crippen molar-refractivity contribution in [3.8, 4) is 17.2 Å². The molecule has 0 saturated carbocycles. The molecule has 0 fully saturated rings. The van der Waals surface area contributed by atoms with Gasteiger partial charge in [-0.1, -0.05) is 51.0 Å². The third-order valence-electron chi connectivity index (χ3n) is 5.99. The highest BCUT2D eigenvalue weighted by Gasteiger charge is 2.23. The first kappa shape index (κ1) is 29.7. The molecule has 0 bridgehead atoms. The first-order valence-electron chi connectivity index (χ1n) is 12.3. The van der Waals surface area contributed by atoms with Gasteiger partial charge < -0.3 is 19.1 Å². The lowest BCUT2D eigenvalue weighted by molar-refractivity contribution is 0.0983. The van der Waals surface area contributed by atoms with Gasteiger partial charge in [0.15, 0.2) is 16.6 Å². The SMILES string of the molecule is CCCCCOc1cccc(C(=O)N(CCN(CC)CC)c2nc3cc(OC)c(OC)cc3s2)c1.Cl. The van der Waals surface area contributed by atoms with E-state index in [0.717, 1.165) is 54.9 Å². The van der Waals surface area contributed by atoms with Crippen molar-refractivity contribution >= 4 is 45.0 Å². The average molecular weight is 536 g/mol. The maximum Gasteiger partial charge on any atom is 0.260 e. The molecule has 0 unspecified atom stereocenters. The number of benzene rings is 2. The van der Waals surface area contributed by atoms with Gasteiger partial charge in [-0.05, 0) is 37.7 Å². The number of halogens is 1. The number of amides is 1. The molecule has 198 valence electrons. The van der Waals surface area contributed by atoms with Gasteiger partial charge in [0.1, 0.15) is 5.75 Å². The van der Waals surface area contributed by atoms with Crippen molar-refractivity contribution < 1.29 is 19.0 Å². The number of fused-ring (bicyclic) bond motifs is 1. The van der Waals surface area contributed by atoms with Crippen LogP contribution in [0.25, 0.3) is 10.2 Å². The van der Waals surface area contributed by atoms with Crippen LogP contribution in [0.4, 0.5) is 5.13 Å². The molecule has 0 aliphatic heterocycles. The fourth-order valence-electron chi connectivity index (χ4n) is 3.84. The van der Waals surface area contributed by atoms with Crippen molar-refractivity contribution in [2.45, 2.75) is 40.0 Å². The molecule has 7 nitrogen and oxygen atoms in total. The van der Waals surface area contributed by atoms with Crippen molar-refractivity contribution in [3.63, 3.8) is 0 Å². The summed E-state index contributed by atoms with van der Waals surface area (Å²) in [6, 6.07) is 11.2. The van der Waals surface area contributed by atoms with E-state index in [4.69, 9.17) is 19.2 Å². The molecule has 0 saturated heterocycles. The second kappa shape index (κ2) is 14.9. The smallest absolute Gasteiger partial charge is 0.260 e. The summed E-state index contributed by atoms with van der Waals surface area (Å²) >= 11 is 1.48. The van der Waals surface area contributed by atoms with Crippen molar-refractivity contribution in [1.29, 1.82) is 0 Å². The van der Waals surface area contributed by atoms with Gasteiger partial charge in [0.2, 0.25) is 0 Å². The molecule has 0 aliphatic rings. The number of hydrogen-bond donors (Lipinski definition) is 0. The van der Waals surface area contributed by atoms with E-state index in [1.807, 2.05) is 36.4 Å². The fraction of sp³-hybridized carbons (Fsp3) is 0.481. The van der Waals surface area contributed by atoms with E-state index >= 15 is 0 Å². The van der Waals surface area contributed by atoms with E-state index in [1.54, 1.807) is 19.1 Å². The van der Waals surface area contributed by atoms with E-state index in [-0.39, 0.29) is 18.3 Å². The van der Waals surface area contributed by atoms with Crippen molar-refractivity contribution in [2.75, 3.05) is 51.9 Å². The zero-order valence-corrected chi connectivity index (χ0v) is 23.5. The molecule has 1 heterocycles. The molecule has 9 heteroatoms. The highest BCUT2D eigenvalue weighted by atomic mass is 35.5. The normalized spacial score (nSPS) is 10.8. The Bertz CT molecular complexity index is 1060. The third-order valence-corrected chi connectivity index (χ3v) is 7.03. The molecule has 3 aromatic rings. The first-order chi connectivity index (χ1) is 17.0. The predicted octanol–water partition coefficient (Wildman–Crippen LogP) is 6.29. The second-order valence-corrected chi connectivity index (χ2v) is 9.25. The molecule has 1 aromatic heterocycles. The Hall–Kier alpha value is -2.55. The maximum absolute atomic E-state index is 13.8. The van der Waals surface area contributed by atoms with Crippen LogP contribution in [-0.2, 0) is 0 Å². The summed E-state index contributed by atoms with van der Waals surface area (Å²) in [7, 11) is 3.22. The van der Waals surface area contributed by atoms with Crippen LogP contribution in [0.5, 0.6) is 17.2 Å². The van der Waals surface area contributed by atoms with Crippen LogP contribution < -0.4 is 19.1 Å². The number of nitrogens with zero attached hydrogens (tertiary/aromatic N) is 3. The van der Waals surface area contributed by atoms with Gasteiger partial charge in [-0.2, -0.15) is 0 Å². The Morgan fingerprint density at radius 1 is 0.972 bits per heavy atom. The summed E-state index contributed by atoms with van der Waals surface area (Å²) in [6.07, 6.45) is 3.28. The molecule has 0 N–H and O–H groups in total. The van der Waals surface area contributed by atoms with Crippen molar-refractivity contribution in [2.24, 2.45) is 0 Å². The molecule has 0 spiro atoms. The zero-order valence-electron chi connectivity index (χ0n) is 21.9. The van der Waals surface area contributed by atoms with Gasteiger partial charge in [-0.25, -0.2) is 4.98 Å². The van der Waals surface area contributed by atoms with Crippen molar-refractivity contribution in [1.82, 2.24) is 9.88 Å². The molecule has 0 atom stereocenters. The number of ether oxygens (including phenoxy) is 3. The van der Waals surface area contributed by atoms with E-state index < -0.39 is 0 Å². The number of hydrogen-bond acceptors (Lipinski definition) is 7. The van der Waals surface area contributed by atoms with Gasteiger partial charge in [-0.3, -0.25) is 9.69 Å². The minimum Gasteiger partial charge on any atom is -0.494 e. The van der Waals surface area contributed by atoms with Gasteiger partial charge >= 0.3 is 0 Å². The summed E-state index contributed by atoms with van der Waals surface area (Å²) in [4.78, 5) is 22.6. The number of likely N-dealkylation sites (N-methyl/N-ethyl adjacent to an activating group) is 1. The van der Waals surface area contributed by atoms with Crippen LogP contribution in [0.3, 0.4) is 0 Å². The number of unbranched alkanes of at least 4 members (excludes halogenated alkanes) is 2. The number of carbonyl (C=O) groups is 1. The van der Waals surface area contributed by atoms with E-state index in [2.05, 4.69) is 25.7 Å². The Morgan fingerprint density at radius 2 is 1.69 bits per heavy atom. The Morgan fingerprint density at radius 3 is 2.36 bits per heavy atom. The lowest BCUT2D eigenvalue weighted by atomic mass is 10.2. The van der Waals surface area contributed by atoms with Gasteiger partial charge in [0, 0.05) is 30.8 Å². The van der Waals surface area contributed by atoms with Gasteiger partial charge in [0.05, 0.1) is 31.0 Å². The van der Waals surface area contributed by atoms with Crippen LogP contribution >= 0.6 is 23.7 Å². The monoisotopic (exact) mass is 535 g/mol. The molecule has 0 radical (unpaired) electrons. The highest BCUT2D eigenvalue weighted by molar-refractivity contribution is 7.22. The average Bonchev–Trinajstić information content (AvgIpc) is 3.30. The van der Waals surface area contributed by atoms with Crippen molar-refractivity contribution in [3.05, 3.63) is 42.0 Å². The Kier molecular flexibility index (Phi) is 12.3. The maximum atomic E-state index is 13.8. The lowest BCUT2D eigenvalue weighted by Gasteiger charge is -2.25. The van der Waals surface area contributed by atoms with E-state index in [1.165, 1.54) is 11.3 Å².